The molecule has 0 aliphatic heterocycles. The van der Waals surface area contributed by atoms with Crippen LogP contribution in [-0.4, -0.2) is 31.0 Å². The number of hydrogen-bond acceptors (Lipinski definition) is 3. The van der Waals surface area contributed by atoms with Crippen LogP contribution >= 0.6 is 0 Å². The molecule has 1 fully saturated rings. The third-order valence-corrected chi connectivity index (χ3v) is 4.55. The van der Waals surface area contributed by atoms with Crippen molar-refractivity contribution in [1.29, 1.82) is 0 Å². The van der Waals surface area contributed by atoms with Gasteiger partial charge >= 0.3 is 0 Å². The molecule has 1 N–H and O–H groups in total. The van der Waals surface area contributed by atoms with Crippen LogP contribution in [-0.2, 0) is 6.54 Å². The maximum atomic E-state index is 12.1. The Morgan fingerprint density at radius 1 is 1.12 bits per heavy atom. The zero-order valence-electron chi connectivity index (χ0n) is 15.0. The van der Waals surface area contributed by atoms with E-state index in [4.69, 9.17) is 4.74 Å². The lowest BCUT2D eigenvalue weighted by atomic mass is 10.1. The molecule has 1 aliphatic carbocycles. The van der Waals surface area contributed by atoms with Crippen LogP contribution in [0.15, 0.2) is 48.5 Å². The van der Waals surface area contributed by atoms with Gasteiger partial charge in [-0.2, -0.15) is 0 Å². The lowest BCUT2D eigenvalue weighted by Gasteiger charge is -2.17. The smallest absolute Gasteiger partial charge is 0.253 e. The molecule has 132 valence electrons. The van der Waals surface area contributed by atoms with E-state index >= 15 is 0 Å². The Bertz CT molecular complexity index is 721. The number of rotatable bonds is 6. The van der Waals surface area contributed by atoms with Crippen molar-refractivity contribution < 1.29 is 9.53 Å². The van der Waals surface area contributed by atoms with E-state index in [1.165, 1.54) is 12.8 Å². The van der Waals surface area contributed by atoms with Gasteiger partial charge in [-0.15, -0.1) is 0 Å². The number of nitrogens with one attached hydrogen (secondary N) is 1. The van der Waals surface area contributed by atoms with Crippen LogP contribution in [0.2, 0.25) is 0 Å². The zero-order chi connectivity index (χ0) is 17.6. The molecule has 0 radical (unpaired) electrons. The highest BCUT2D eigenvalue weighted by molar-refractivity contribution is 5.94. The van der Waals surface area contributed by atoms with Crippen molar-refractivity contribution in [2.75, 3.05) is 19.4 Å². The van der Waals surface area contributed by atoms with Crippen LogP contribution < -0.4 is 10.1 Å². The molecule has 25 heavy (non-hydrogen) atoms. The molecule has 4 nitrogen and oxygen atoms in total. The summed E-state index contributed by atoms with van der Waals surface area (Å²) < 4.78 is 6.16. The van der Waals surface area contributed by atoms with Crippen LogP contribution in [0.25, 0.3) is 0 Å². The summed E-state index contributed by atoms with van der Waals surface area (Å²) >= 11 is 0. The topological polar surface area (TPSA) is 41.6 Å². The summed E-state index contributed by atoms with van der Waals surface area (Å²) in [6.07, 6.45) is 5.13. The Morgan fingerprint density at radius 3 is 2.64 bits per heavy atom. The van der Waals surface area contributed by atoms with Gasteiger partial charge in [-0.25, -0.2) is 0 Å². The van der Waals surface area contributed by atoms with E-state index in [2.05, 4.69) is 5.32 Å². The second-order valence-corrected chi connectivity index (χ2v) is 6.77. The number of benzene rings is 2. The van der Waals surface area contributed by atoms with Gasteiger partial charge in [-0.1, -0.05) is 24.3 Å². The fourth-order valence-electron chi connectivity index (χ4n) is 3.17. The first-order chi connectivity index (χ1) is 12.1. The number of nitrogens with zero attached hydrogens (tertiary/aromatic N) is 1. The Balaban J connectivity index is 1.67. The number of ether oxygens (including phenoxy) is 1. The number of para-hydroxylation sites is 2. The molecule has 0 saturated heterocycles. The minimum Gasteiger partial charge on any atom is -0.488 e. The van der Waals surface area contributed by atoms with Crippen molar-refractivity contribution in [2.24, 2.45) is 0 Å². The molecule has 0 heterocycles. The quantitative estimate of drug-likeness (QED) is 0.853. The molecule has 0 bridgehead atoms. The highest BCUT2D eigenvalue weighted by atomic mass is 16.5. The summed E-state index contributed by atoms with van der Waals surface area (Å²) in [7, 11) is 3.54. The average molecular weight is 338 g/mol. The van der Waals surface area contributed by atoms with Gasteiger partial charge in [0.05, 0.1) is 11.8 Å². The van der Waals surface area contributed by atoms with Crippen molar-refractivity contribution in [1.82, 2.24) is 4.90 Å². The van der Waals surface area contributed by atoms with Gasteiger partial charge in [0.25, 0.3) is 5.91 Å². The fraction of sp³-hybridized carbons (Fsp3) is 0.381. The van der Waals surface area contributed by atoms with E-state index < -0.39 is 0 Å². The van der Waals surface area contributed by atoms with Crippen molar-refractivity contribution in [3.05, 3.63) is 59.7 Å². The first kappa shape index (κ1) is 17.3. The summed E-state index contributed by atoms with van der Waals surface area (Å²) in [5.41, 5.74) is 2.78. The lowest BCUT2D eigenvalue weighted by molar-refractivity contribution is 0.0827. The maximum Gasteiger partial charge on any atom is 0.253 e. The highest BCUT2D eigenvalue weighted by Crippen LogP contribution is 2.30. The highest BCUT2D eigenvalue weighted by Gasteiger charge is 2.17. The molecule has 0 aromatic heterocycles. The van der Waals surface area contributed by atoms with Crippen LogP contribution in [0, 0.1) is 0 Å². The van der Waals surface area contributed by atoms with E-state index in [9.17, 15) is 4.79 Å². The molecule has 1 saturated carbocycles. The predicted molar refractivity (Wildman–Crippen MR) is 101 cm³/mol. The van der Waals surface area contributed by atoms with Crippen LogP contribution in [0.1, 0.15) is 41.6 Å². The lowest BCUT2D eigenvalue weighted by Crippen LogP contribution is -2.21. The van der Waals surface area contributed by atoms with Gasteiger partial charge in [0.15, 0.2) is 0 Å². The van der Waals surface area contributed by atoms with Gasteiger partial charge < -0.3 is 15.0 Å². The van der Waals surface area contributed by atoms with Crippen LogP contribution in [0.5, 0.6) is 5.75 Å². The summed E-state index contributed by atoms with van der Waals surface area (Å²) in [5, 5.41) is 3.45. The minimum atomic E-state index is 0.0202. The first-order valence-corrected chi connectivity index (χ1v) is 8.93. The minimum absolute atomic E-state index is 0.0202. The SMILES string of the molecule is CN(C)C(=O)c1cccc(CNc2ccccc2OC2CCCC2)c1. The molecule has 0 unspecified atom stereocenters. The Labute approximate surface area is 149 Å². The molecule has 3 rings (SSSR count). The largest absolute Gasteiger partial charge is 0.488 e. The molecule has 0 spiro atoms. The van der Waals surface area contributed by atoms with Gasteiger partial charge in [0, 0.05) is 26.2 Å². The second-order valence-electron chi connectivity index (χ2n) is 6.77. The predicted octanol–water partition coefficient (Wildman–Crippen LogP) is 4.32. The number of amides is 1. The molecule has 2 aromatic rings. The van der Waals surface area contributed by atoms with Gasteiger partial charge in [0.1, 0.15) is 5.75 Å². The van der Waals surface area contributed by atoms with E-state index in [0.717, 1.165) is 29.8 Å². The third kappa shape index (κ3) is 4.53. The number of carbonyl (C=O) groups is 1. The summed E-state index contributed by atoms with van der Waals surface area (Å²) in [4.78, 5) is 13.7. The average Bonchev–Trinajstić information content (AvgIpc) is 3.13. The van der Waals surface area contributed by atoms with Gasteiger partial charge in [-0.05, 0) is 55.5 Å². The monoisotopic (exact) mass is 338 g/mol. The normalized spacial score (nSPS) is 14.3. The molecular weight excluding hydrogens is 312 g/mol. The van der Waals surface area contributed by atoms with Gasteiger partial charge in [0.2, 0.25) is 0 Å². The summed E-state index contributed by atoms with van der Waals surface area (Å²) in [5.74, 6) is 0.932. The summed E-state index contributed by atoms with van der Waals surface area (Å²) in [6.45, 7) is 0.652. The molecule has 4 heteroatoms. The van der Waals surface area contributed by atoms with E-state index in [1.54, 1.807) is 19.0 Å². The Kier molecular flexibility index (Phi) is 5.59. The molecule has 1 amide bonds. The molecular formula is C21H26N2O2. The van der Waals surface area contributed by atoms with Crippen molar-refractivity contribution in [3.63, 3.8) is 0 Å². The van der Waals surface area contributed by atoms with Crippen LogP contribution in [0.3, 0.4) is 0 Å². The fourth-order valence-corrected chi connectivity index (χ4v) is 3.17. The van der Waals surface area contributed by atoms with Gasteiger partial charge in [-0.3, -0.25) is 4.79 Å². The van der Waals surface area contributed by atoms with Crippen molar-refractivity contribution >= 4 is 11.6 Å². The number of anilines is 1. The Morgan fingerprint density at radius 2 is 1.88 bits per heavy atom. The first-order valence-electron chi connectivity index (χ1n) is 8.93. The van der Waals surface area contributed by atoms with E-state index in [1.807, 2.05) is 48.5 Å². The van der Waals surface area contributed by atoms with Crippen molar-refractivity contribution in [2.45, 2.75) is 38.3 Å². The van der Waals surface area contributed by atoms with E-state index in [-0.39, 0.29) is 5.91 Å². The zero-order valence-corrected chi connectivity index (χ0v) is 15.0. The second kappa shape index (κ2) is 8.06. The summed E-state index contributed by atoms with van der Waals surface area (Å²) in [6, 6.07) is 15.8. The molecule has 0 atom stereocenters. The third-order valence-electron chi connectivity index (χ3n) is 4.55. The van der Waals surface area contributed by atoms with Crippen molar-refractivity contribution in [3.8, 4) is 5.75 Å². The number of hydrogen-bond donors (Lipinski definition) is 1. The molecule has 2 aromatic carbocycles. The maximum absolute atomic E-state index is 12.1. The Hall–Kier alpha value is -2.49. The van der Waals surface area contributed by atoms with Crippen LogP contribution in [0.4, 0.5) is 5.69 Å². The number of carbonyl (C=O) groups excluding carboxylic acids is 1. The molecule has 1 aliphatic rings. The standard InChI is InChI=1S/C21H26N2O2/c1-23(2)21(24)17-9-7-8-16(14-17)15-22-19-12-5-6-13-20(19)25-18-10-3-4-11-18/h5-9,12-14,18,22H,3-4,10-11,15H2,1-2H3. The van der Waals surface area contributed by atoms with E-state index in [0.29, 0.717) is 18.2 Å².